The van der Waals surface area contributed by atoms with Crippen molar-refractivity contribution in [3.8, 4) is 11.5 Å². The third-order valence-corrected chi connectivity index (χ3v) is 3.78. The predicted molar refractivity (Wildman–Crippen MR) is 82.1 cm³/mol. The Kier molecular flexibility index (Phi) is 4.60. The zero-order valence-corrected chi connectivity index (χ0v) is 13.7. The van der Waals surface area contributed by atoms with Crippen LogP contribution < -0.4 is 0 Å². The summed E-state index contributed by atoms with van der Waals surface area (Å²) in [5.41, 5.74) is 0.178. The minimum Gasteiger partial charge on any atom is -0.481 e. The summed E-state index contributed by atoms with van der Waals surface area (Å²) in [5, 5.41) is 16.8. The molecule has 0 aliphatic heterocycles. The van der Waals surface area contributed by atoms with E-state index in [1.54, 1.807) is 6.07 Å². The van der Waals surface area contributed by atoms with Crippen LogP contribution in [0.3, 0.4) is 0 Å². The second-order valence-corrected chi connectivity index (χ2v) is 6.70. The van der Waals surface area contributed by atoms with Crippen LogP contribution in [0.1, 0.15) is 26.2 Å². The fraction of sp³-hybridized carbons (Fsp3) is 0.357. The first-order chi connectivity index (χ1) is 9.77. The number of hydrogen-bond acceptors (Lipinski definition) is 4. The summed E-state index contributed by atoms with van der Waals surface area (Å²) in [6, 6.07) is 4.29. The standard InChI is InChI=1S/C14H14FIN2O3/c1-14(2,7-12(19)20)6-11-17-18-13(21-11)9-4-3-8(15)5-10(9)16/h3-5H,6-7H2,1-2H3,(H,19,20). The van der Waals surface area contributed by atoms with Crippen LogP contribution in [-0.2, 0) is 11.2 Å². The molecule has 21 heavy (non-hydrogen) atoms. The number of rotatable bonds is 5. The van der Waals surface area contributed by atoms with E-state index in [4.69, 9.17) is 9.52 Å². The topological polar surface area (TPSA) is 76.2 Å². The quantitative estimate of drug-likeness (QED) is 0.772. The highest BCUT2D eigenvalue weighted by Crippen LogP contribution is 2.29. The number of hydrogen-bond donors (Lipinski definition) is 1. The molecule has 0 aliphatic carbocycles. The molecular weight excluding hydrogens is 390 g/mol. The van der Waals surface area contributed by atoms with Gasteiger partial charge in [0.1, 0.15) is 5.82 Å². The Morgan fingerprint density at radius 2 is 2.14 bits per heavy atom. The Morgan fingerprint density at radius 1 is 1.43 bits per heavy atom. The Labute approximate surface area is 134 Å². The van der Waals surface area contributed by atoms with Gasteiger partial charge in [-0.3, -0.25) is 4.79 Å². The van der Waals surface area contributed by atoms with Crippen LogP contribution in [0.4, 0.5) is 4.39 Å². The number of aliphatic carboxylic acids is 1. The molecule has 2 rings (SSSR count). The van der Waals surface area contributed by atoms with Gasteiger partial charge in [-0.1, -0.05) is 13.8 Å². The van der Waals surface area contributed by atoms with Gasteiger partial charge in [0, 0.05) is 9.99 Å². The third-order valence-electron chi connectivity index (χ3n) is 2.89. The van der Waals surface area contributed by atoms with Gasteiger partial charge in [-0.25, -0.2) is 4.39 Å². The highest BCUT2D eigenvalue weighted by atomic mass is 127. The van der Waals surface area contributed by atoms with Crippen molar-refractivity contribution in [1.29, 1.82) is 0 Å². The Balaban J connectivity index is 2.20. The maximum Gasteiger partial charge on any atom is 0.303 e. The average molecular weight is 404 g/mol. The van der Waals surface area contributed by atoms with E-state index in [1.807, 2.05) is 36.4 Å². The molecule has 0 bridgehead atoms. The lowest BCUT2D eigenvalue weighted by Crippen LogP contribution is -2.19. The van der Waals surface area contributed by atoms with Crippen LogP contribution in [0.2, 0.25) is 0 Å². The normalized spacial score (nSPS) is 11.6. The van der Waals surface area contributed by atoms with Gasteiger partial charge in [0.25, 0.3) is 0 Å². The molecule has 0 aliphatic rings. The van der Waals surface area contributed by atoms with E-state index in [0.29, 0.717) is 27.3 Å². The van der Waals surface area contributed by atoms with Crippen LogP contribution >= 0.6 is 22.6 Å². The molecule has 0 fully saturated rings. The molecule has 0 saturated heterocycles. The van der Waals surface area contributed by atoms with E-state index in [1.165, 1.54) is 12.1 Å². The van der Waals surface area contributed by atoms with Gasteiger partial charge in [-0.2, -0.15) is 0 Å². The fourth-order valence-corrected chi connectivity index (χ4v) is 2.69. The molecule has 1 aromatic carbocycles. The van der Waals surface area contributed by atoms with Crippen LogP contribution in [0, 0.1) is 14.8 Å². The summed E-state index contributed by atoms with van der Waals surface area (Å²) in [7, 11) is 0. The van der Waals surface area contributed by atoms with Crippen molar-refractivity contribution >= 4 is 28.6 Å². The summed E-state index contributed by atoms with van der Waals surface area (Å²) >= 11 is 2.00. The van der Waals surface area contributed by atoms with Gasteiger partial charge in [0.05, 0.1) is 12.0 Å². The van der Waals surface area contributed by atoms with Crippen LogP contribution in [0.5, 0.6) is 0 Å². The second-order valence-electron chi connectivity index (χ2n) is 5.54. The third kappa shape index (κ3) is 4.23. The first-order valence-electron chi connectivity index (χ1n) is 6.26. The number of nitrogens with zero attached hydrogens (tertiary/aromatic N) is 2. The van der Waals surface area contributed by atoms with E-state index in [9.17, 15) is 9.18 Å². The number of carboxylic acids is 1. The molecule has 5 nitrogen and oxygen atoms in total. The second kappa shape index (κ2) is 6.08. The summed E-state index contributed by atoms with van der Waals surface area (Å²) in [4.78, 5) is 10.8. The van der Waals surface area contributed by atoms with Gasteiger partial charge in [-0.15, -0.1) is 10.2 Å². The minimum absolute atomic E-state index is 0.0127. The highest BCUT2D eigenvalue weighted by molar-refractivity contribution is 14.1. The first kappa shape index (κ1) is 15.9. The summed E-state index contributed by atoms with van der Waals surface area (Å²) in [6.07, 6.45) is 0.378. The van der Waals surface area contributed by atoms with Gasteiger partial charge in [0.2, 0.25) is 11.8 Å². The first-order valence-corrected chi connectivity index (χ1v) is 7.34. The lowest BCUT2D eigenvalue weighted by molar-refractivity contribution is -0.139. The van der Waals surface area contributed by atoms with Crippen LogP contribution in [0.15, 0.2) is 22.6 Å². The zero-order chi connectivity index (χ0) is 15.6. The van der Waals surface area contributed by atoms with Gasteiger partial charge >= 0.3 is 5.97 Å². The largest absolute Gasteiger partial charge is 0.481 e. The average Bonchev–Trinajstić information content (AvgIpc) is 2.74. The van der Waals surface area contributed by atoms with Crippen molar-refractivity contribution in [2.75, 3.05) is 0 Å². The molecule has 112 valence electrons. The van der Waals surface area contributed by atoms with Crippen LogP contribution in [0.25, 0.3) is 11.5 Å². The predicted octanol–water partition coefficient (Wildman–Crippen LogP) is 3.52. The SMILES string of the molecule is CC(C)(CC(=O)O)Cc1nnc(-c2ccc(F)cc2I)o1. The van der Waals surface area contributed by atoms with Gasteiger partial charge in [0.15, 0.2) is 0 Å². The maximum absolute atomic E-state index is 13.1. The number of aromatic nitrogens is 2. The Morgan fingerprint density at radius 3 is 2.76 bits per heavy atom. The van der Waals surface area contributed by atoms with Gasteiger partial charge in [-0.05, 0) is 46.2 Å². The van der Waals surface area contributed by atoms with Crippen molar-refractivity contribution in [3.05, 3.63) is 33.5 Å². The summed E-state index contributed by atoms with van der Waals surface area (Å²) < 4.78 is 19.3. The molecule has 0 radical (unpaired) electrons. The van der Waals surface area contributed by atoms with E-state index in [-0.39, 0.29) is 12.2 Å². The van der Waals surface area contributed by atoms with Crippen molar-refractivity contribution in [2.24, 2.45) is 5.41 Å². The molecule has 0 saturated carbocycles. The van der Waals surface area contributed by atoms with Crippen molar-refractivity contribution < 1.29 is 18.7 Å². The van der Waals surface area contributed by atoms with Crippen molar-refractivity contribution in [2.45, 2.75) is 26.7 Å². The molecule has 1 N–H and O–H groups in total. The zero-order valence-electron chi connectivity index (χ0n) is 11.6. The molecule has 1 aromatic heterocycles. The molecule has 0 amide bonds. The minimum atomic E-state index is -0.868. The van der Waals surface area contributed by atoms with E-state index < -0.39 is 11.4 Å². The monoisotopic (exact) mass is 404 g/mol. The molecule has 0 atom stereocenters. The molecule has 7 heteroatoms. The van der Waals surface area contributed by atoms with E-state index in [2.05, 4.69) is 10.2 Å². The van der Waals surface area contributed by atoms with Crippen molar-refractivity contribution in [1.82, 2.24) is 10.2 Å². The fourth-order valence-electron chi connectivity index (χ4n) is 1.98. The number of benzene rings is 1. The van der Waals surface area contributed by atoms with Crippen molar-refractivity contribution in [3.63, 3.8) is 0 Å². The van der Waals surface area contributed by atoms with Crippen LogP contribution in [-0.4, -0.2) is 21.3 Å². The summed E-state index contributed by atoms with van der Waals surface area (Å²) in [6.45, 7) is 3.65. The lowest BCUT2D eigenvalue weighted by Gasteiger charge is -2.19. The molecular formula is C14H14FIN2O3. The van der Waals surface area contributed by atoms with Gasteiger partial charge < -0.3 is 9.52 Å². The maximum atomic E-state index is 13.1. The Bertz CT molecular complexity index is 670. The van der Waals surface area contributed by atoms with E-state index in [0.717, 1.165) is 0 Å². The number of carboxylic acid groups (broad SMARTS) is 1. The molecule has 0 spiro atoms. The lowest BCUT2D eigenvalue weighted by atomic mass is 9.86. The highest BCUT2D eigenvalue weighted by Gasteiger charge is 2.25. The Hall–Kier alpha value is -1.51. The number of carbonyl (C=O) groups is 1. The molecule has 1 heterocycles. The molecule has 0 unspecified atom stereocenters. The number of halogens is 2. The molecule has 2 aromatic rings. The smallest absolute Gasteiger partial charge is 0.303 e. The summed E-state index contributed by atoms with van der Waals surface area (Å²) in [5.74, 6) is -0.518. The van der Waals surface area contributed by atoms with E-state index >= 15 is 0 Å².